The molecule has 2 aliphatic rings. The van der Waals surface area contributed by atoms with Gasteiger partial charge in [-0.1, -0.05) is 26.2 Å². The van der Waals surface area contributed by atoms with Crippen LogP contribution in [0.4, 0.5) is 4.79 Å². The van der Waals surface area contributed by atoms with Crippen molar-refractivity contribution in [1.82, 2.24) is 15.1 Å². The number of hydrogen-bond acceptors (Lipinski definition) is 2. The molecule has 1 saturated heterocycles. The zero-order valence-corrected chi connectivity index (χ0v) is 13.9. The van der Waals surface area contributed by atoms with Crippen LogP contribution in [0.5, 0.6) is 0 Å². The van der Waals surface area contributed by atoms with Gasteiger partial charge in [-0.25, -0.2) is 4.79 Å². The second kappa shape index (κ2) is 8.62. The molecule has 21 heavy (non-hydrogen) atoms. The van der Waals surface area contributed by atoms with E-state index in [1.165, 1.54) is 58.0 Å². The average molecular weight is 295 g/mol. The van der Waals surface area contributed by atoms with Gasteiger partial charge in [0.05, 0.1) is 0 Å². The van der Waals surface area contributed by atoms with Crippen LogP contribution in [-0.4, -0.2) is 55.6 Å². The maximum atomic E-state index is 12.1. The number of nitrogens with zero attached hydrogens (tertiary/aromatic N) is 2. The second-order valence-electron chi connectivity index (χ2n) is 6.95. The molecular weight excluding hydrogens is 262 g/mol. The second-order valence-corrected chi connectivity index (χ2v) is 6.95. The molecule has 1 saturated carbocycles. The molecule has 0 aromatic rings. The normalized spacial score (nSPS) is 26.8. The predicted octanol–water partition coefficient (Wildman–Crippen LogP) is 2.94. The molecule has 1 heterocycles. The molecule has 0 unspecified atom stereocenters. The first-order valence-electron chi connectivity index (χ1n) is 8.90. The van der Waals surface area contributed by atoms with Crippen molar-refractivity contribution in [3.05, 3.63) is 0 Å². The highest BCUT2D eigenvalue weighted by atomic mass is 16.2. The van der Waals surface area contributed by atoms with Crippen LogP contribution in [0.3, 0.4) is 0 Å². The Morgan fingerprint density at radius 1 is 1.14 bits per heavy atom. The van der Waals surface area contributed by atoms with E-state index >= 15 is 0 Å². The van der Waals surface area contributed by atoms with Crippen molar-refractivity contribution in [2.75, 3.05) is 39.8 Å². The number of urea groups is 1. The number of hydrogen-bond donors (Lipinski definition) is 1. The number of amides is 2. The highest BCUT2D eigenvalue weighted by Gasteiger charge is 2.21. The zero-order valence-electron chi connectivity index (χ0n) is 13.9. The fourth-order valence-electron chi connectivity index (χ4n) is 3.61. The third kappa shape index (κ3) is 5.50. The molecular formula is C17H33N3O. The standard InChI is InChI=1S/C17H33N3O/c1-3-15-6-8-16(9-7-15)14-18-17(21)19(2)12-13-20-10-4-5-11-20/h15-16H,3-14H2,1-2H3,(H,18,21). The van der Waals surface area contributed by atoms with Crippen molar-refractivity contribution in [1.29, 1.82) is 0 Å². The van der Waals surface area contributed by atoms with Crippen LogP contribution < -0.4 is 5.32 Å². The van der Waals surface area contributed by atoms with Gasteiger partial charge in [0.2, 0.25) is 0 Å². The number of likely N-dealkylation sites (N-methyl/N-ethyl adjacent to an activating group) is 1. The van der Waals surface area contributed by atoms with Crippen LogP contribution >= 0.6 is 0 Å². The fraction of sp³-hybridized carbons (Fsp3) is 0.941. The van der Waals surface area contributed by atoms with E-state index in [2.05, 4.69) is 17.1 Å². The van der Waals surface area contributed by atoms with Crippen LogP contribution in [-0.2, 0) is 0 Å². The number of rotatable bonds is 6. The van der Waals surface area contributed by atoms with Gasteiger partial charge in [0, 0.05) is 26.7 Å². The van der Waals surface area contributed by atoms with Gasteiger partial charge in [-0.3, -0.25) is 0 Å². The summed E-state index contributed by atoms with van der Waals surface area (Å²) < 4.78 is 0. The van der Waals surface area contributed by atoms with E-state index in [4.69, 9.17) is 0 Å². The molecule has 0 aromatic carbocycles. The highest BCUT2D eigenvalue weighted by Crippen LogP contribution is 2.30. The van der Waals surface area contributed by atoms with E-state index in [1.807, 2.05) is 11.9 Å². The van der Waals surface area contributed by atoms with Gasteiger partial charge in [-0.2, -0.15) is 0 Å². The van der Waals surface area contributed by atoms with Crippen molar-refractivity contribution in [3.63, 3.8) is 0 Å². The molecule has 2 rings (SSSR count). The van der Waals surface area contributed by atoms with Crippen molar-refractivity contribution < 1.29 is 4.79 Å². The lowest BCUT2D eigenvalue weighted by atomic mass is 9.81. The van der Waals surface area contributed by atoms with Gasteiger partial charge < -0.3 is 15.1 Å². The SMILES string of the molecule is CCC1CCC(CNC(=O)N(C)CCN2CCCC2)CC1. The Hall–Kier alpha value is -0.770. The van der Waals surface area contributed by atoms with E-state index in [0.717, 1.165) is 25.6 Å². The largest absolute Gasteiger partial charge is 0.338 e. The summed E-state index contributed by atoms with van der Waals surface area (Å²) in [5.74, 6) is 1.63. The van der Waals surface area contributed by atoms with Gasteiger partial charge in [0.1, 0.15) is 0 Å². The molecule has 2 fully saturated rings. The Balaban J connectivity index is 1.57. The van der Waals surface area contributed by atoms with Gasteiger partial charge in [0.25, 0.3) is 0 Å². The van der Waals surface area contributed by atoms with E-state index in [9.17, 15) is 4.79 Å². The number of nitrogens with one attached hydrogen (secondary N) is 1. The van der Waals surface area contributed by atoms with E-state index in [1.54, 1.807) is 0 Å². The third-order valence-corrected chi connectivity index (χ3v) is 5.38. The molecule has 1 aliphatic carbocycles. The third-order valence-electron chi connectivity index (χ3n) is 5.38. The van der Waals surface area contributed by atoms with Gasteiger partial charge in [-0.05, 0) is 50.6 Å². The molecule has 1 N–H and O–H groups in total. The monoisotopic (exact) mass is 295 g/mol. The lowest BCUT2D eigenvalue weighted by Crippen LogP contribution is -2.43. The summed E-state index contributed by atoms with van der Waals surface area (Å²) in [6.45, 7) is 7.43. The molecule has 1 aliphatic heterocycles. The fourth-order valence-corrected chi connectivity index (χ4v) is 3.61. The summed E-state index contributed by atoms with van der Waals surface area (Å²) in [4.78, 5) is 16.4. The lowest BCUT2D eigenvalue weighted by molar-refractivity contribution is 0.194. The van der Waals surface area contributed by atoms with Crippen molar-refractivity contribution in [3.8, 4) is 0 Å². The Labute approximate surface area is 130 Å². The van der Waals surface area contributed by atoms with Crippen molar-refractivity contribution >= 4 is 6.03 Å². The molecule has 0 spiro atoms. The van der Waals surface area contributed by atoms with E-state index < -0.39 is 0 Å². The molecule has 0 atom stereocenters. The van der Waals surface area contributed by atoms with Crippen LogP contribution in [0, 0.1) is 11.8 Å². The maximum Gasteiger partial charge on any atom is 0.317 e. The molecule has 0 aromatic heterocycles. The summed E-state index contributed by atoms with van der Waals surface area (Å²) >= 11 is 0. The molecule has 4 nitrogen and oxygen atoms in total. The predicted molar refractivity (Wildman–Crippen MR) is 87.4 cm³/mol. The maximum absolute atomic E-state index is 12.1. The topological polar surface area (TPSA) is 35.6 Å². The minimum Gasteiger partial charge on any atom is -0.338 e. The minimum absolute atomic E-state index is 0.104. The highest BCUT2D eigenvalue weighted by molar-refractivity contribution is 5.73. The summed E-state index contributed by atoms with van der Waals surface area (Å²) in [5, 5.41) is 3.13. The molecule has 4 heteroatoms. The van der Waals surface area contributed by atoms with E-state index in [-0.39, 0.29) is 6.03 Å². The average Bonchev–Trinajstić information content (AvgIpc) is 3.04. The van der Waals surface area contributed by atoms with Gasteiger partial charge in [0.15, 0.2) is 0 Å². The Morgan fingerprint density at radius 3 is 2.38 bits per heavy atom. The van der Waals surface area contributed by atoms with Crippen molar-refractivity contribution in [2.45, 2.75) is 51.9 Å². The Morgan fingerprint density at radius 2 is 1.76 bits per heavy atom. The molecule has 0 bridgehead atoms. The lowest BCUT2D eigenvalue weighted by Gasteiger charge is -2.29. The van der Waals surface area contributed by atoms with Crippen LogP contribution in [0.15, 0.2) is 0 Å². The summed E-state index contributed by atoms with van der Waals surface area (Å²) in [7, 11) is 1.92. The summed E-state index contributed by atoms with van der Waals surface area (Å²) in [5.41, 5.74) is 0. The Bertz CT molecular complexity index is 307. The van der Waals surface area contributed by atoms with Crippen LogP contribution in [0.25, 0.3) is 0 Å². The Kier molecular flexibility index (Phi) is 6.81. The zero-order chi connectivity index (χ0) is 15.1. The smallest absolute Gasteiger partial charge is 0.317 e. The quantitative estimate of drug-likeness (QED) is 0.818. The van der Waals surface area contributed by atoms with E-state index in [0.29, 0.717) is 5.92 Å². The van der Waals surface area contributed by atoms with Gasteiger partial charge >= 0.3 is 6.03 Å². The first-order chi connectivity index (χ1) is 10.2. The number of likely N-dealkylation sites (tertiary alicyclic amines) is 1. The van der Waals surface area contributed by atoms with Crippen LogP contribution in [0.2, 0.25) is 0 Å². The minimum atomic E-state index is 0.104. The number of carbonyl (C=O) groups is 1. The molecule has 2 amide bonds. The molecule has 0 radical (unpaired) electrons. The first kappa shape index (κ1) is 16.6. The number of carbonyl (C=O) groups excluding carboxylic acids is 1. The molecule has 122 valence electrons. The van der Waals surface area contributed by atoms with Crippen LogP contribution in [0.1, 0.15) is 51.9 Å². The van der Waals surface area contributed by atoms with Gasteiger partial charge in [-0.15, -0.1) is 0 Å². The summed E-state index contributed by atoms with van der Waals surface area (Å²) in [6, 6.07) is 0.104. The van der Waals surface area contributed by atoms with Crippen molar-refractivity contribution in [2.24, 2.45) is 11.8 Å². The summed E-state index contributed by atoms with van der Waals surface area (Å²) in [6.07, 6.45) is 9.22. The first-order valence-corrected chi connectivity index (χ1v) is 8.90.